The second kappa shape index (κ2) is 9.49. The number of aromatic nitrogens is 1. The molecule has 130 valence electrons. The second-order valence-electron chi connectivity index (χ2n) is 5.60. The van der Waals surface area contributed by atoms with Gasteiger partial charge in [-0.3, -0.25) is 9.69 Å². The first-order valence-corrected chi connectivity index (χ1v) is 9.15. The number of carbonyl (C=O) groups is 1. The summed E-state index contributed by atoms with van der Waals surface area (Å²) in [6.07, 6.45) is 0.885. The predicted molar refractivity (Wildman–Crippen MR) is 95.3 cm³/mol. The quantitative estimate of drug-likeness (QED) is 0.755. The molecule has 0 radical (unpaired) electrons. The minimum atomic E-state index is -0.267. The van der Waals surface area contributed by atoms with E-state index in [1.54, 1.807) is 17.4 Å². The third-order valence-electron chi connectivity index (χ3n) is 3.85. The standard InChI is InChI=1S/C18H24FN3OS/c1-3-22(4-2)12-16-13-24-18(21-16)11-20-17(23)9-8-14-6-5-7-15(19)10-14/h5-7,10,13H,3-4,8-9,11-12H2,1-2H3,(H,20,23). The minimum absolute atomic E-state index is 0.0419. The molecule has 1 aromatic heterocycles. The first-order valence-electron chi connectivity index (χ1n) is 8.27. The van der Waals surface area contributed by atoms with Crippen LogP contribution in [0.25, 0.3) is 0 Å². The molecule has 0 aliphatic rings. The van der Waals surface area contributed by atoms with Gasteiger partial charge in [-0.1, -0.05) is 26.0 Å². The Labute approximate surface area is 146 Å². The summed E-state index contributed by atoms with van der Waals surface area (Å²) >= 11 is 1.57. The van der Waals surface area contributed by atoms with E-state index in [2.05, 4.69) is 29.0 Å². The number of aryl methyl sites for hydroxylation is 1. The molecule has 0 aliphatic heterocycles. The van der Waals surface area contributed by atoms with Crippen LogP contribution in [0.5, 0.6) is 0 Å². The Morgan fingerprint density at radius 3 is 2.83 bits per heavy atom. The third kappa shape index (κ3) is 6.02. The van der Waals surface area contributed by atoms with E-state index < -0.39 is 0 Å². The summed E-state index contributed by atoms with van der Waals surface area (Å²) in [4.78, 5) is 18.8. The molecule has 4 nitrogen and oxygen atoms in total. The van der Waals surface area contributed by atoms with Crippen molar-refractivity contribution in [2.24, 2.45) is 0 Å². The van der Waals surface area contributed by atoms with Crippen LogP contribution in [0.15, 0.2) is 29.6 Å². The molecule has 2 rings (SSSR count). The Morgan fingerprint density at radius 2 is 2.12 bits per heavy atom. The molecule has 0 fully saturated rings. The van der Waals surface area contributed by atoms with Crippen molar-refractivity contribution in [3.63, 3.8) is 0 Å². The fourth-order valence-corrected chi connectivity index (χ4v) is 3.12. The molecular weight excluding hydrogens is 325 g/mol. The number of rotatable bonds is 9. The van der Waals surface area contributed by atoms with Crippen LogP contribution in [0.3, 0.4) is 0 Å². The number of carbonyl (C=O) groups excluding carboxylic acids is 1. The zero-order chi connectivity index (χ0) is 17.4. The fourth-order valence-electron chi connectivity index (χ4n) is 2.39. The normalized spacial score (nSPS) is 11.0. The molecule has 0 saturated carbocycles. The molecule has 1 N–H and O–H groups in total. The van der Waals surface area contributed by atoms with Crippen molar-refractivity contribution in [2.75, 3.05) is 13.1 Å². The number of benzene rings is 1. The van der Waals surface area contributed by atoms with Gasteiger partial charge < -0.3 is 5.32 Å². The monoisotopic (exact) mass is 349 g/mol. The van der Waals surface area contributed by atoms with Crippen LogP contribution in [0, 0.1) is 5.82 Å². The highest BCUT2D eigenvalue weighted by Gasteiger charge is 2.08. The Balaban J connectivity index is 1.74. The van der Waals surface area contributed by atoms with Crippen LogP contribution in [-0.2, 0) is 24.3 Å². The molecule has 24 heavy (non-hydrogen) atoms. The Morgan fingerprint density at radius 1 is 1.33 bits per heavy atom. The summed E-state index contributed by atoms with van der Waals surface area (Å²) in [5.74, 6) is -0.309. The lowest BCUT2D eigenvalue weighted by molar-refractivity contribution is -0.121. The van der Waals surface area contributed by atoms with Crippen molar-refractivity contribution in [1.29, 1.82) is 0 Å². The van der Waals surface area contributed by atoms with Crippen LogP contribution in [0.2, 0.25) is 0 Å². The lowest BCUT2D eigenvalue weighted by Crippen LogP contribution is -2.23. The average Bonchev–Trinajstić information content (AvgIpc) is 3.03. The van der Waals surface area contributed by atoms with Gasteiger partial charge in [0.1, 0.15) is 10.8 Å². The van der Waals surface area contributed by atoms with E-state index in [0.29, 0.717) is 19.4 Å². The second-order valence-corrected chi connectivity index (χ2v) is 6.54. The van der Waals surface area contributed by atoms with Gasteiger partial charge in [-0.2, -0.15) is 0 Å². The number of nitrogens with zero attached hydrogens (tertiary/aromatic N) is 2. The zero-order valence-electron chi connectivity index (χ0n) is 14.2. The molecule has 0 saturated heterocycles. The fraction of sp³-hybridized carbons (Fsp3) is 0.444. The number of thiazole rings is 1. The number of halogens is 1. The van der Waals surface area contributed by atoms with Gasteiger partial charge in [0, 0.05) is 18.3 Å². The average molecular weight is 349 g/mol. The van der Waals surface area contributed by atoms with Crippen molar-refractivity contribution in [3.8, 4) is 0 Å². The Bertz CT molecular complexity index is 655. The SMILES string of the molecule is CCN(CC)Cc1csc(CNC(=O)CCc2cccc(F)c2)n1. The predicted octanol–water partition coefficient (Wildman–Crippen LogP) is 3.37. The van der Waals surface area contributed by atoms with Gasteiger partial charge >= 0.3 is 0 Å². The van der Waals surface area contributed by atoms with E-state index >= 15 is 0 Å². The molecule has 1 aromatic carbocycles. The molecule has 0 bridgehead atoms. The topological polar surface area (TPSA) is 45.2 Å². The molecular formula is C18H24FN3OS. The van der Waals surface area contributed by atoms with E-state index in [-0.39, 0.29) is 11.7 Å². The molecule has 6 heteroatoms. The van der Waals surface area contributed by atoms with Gasteiger partial charge in [-0.25, -0.2) is 9.37 Å². The Hall–Kier alpha value is -1.79. The van der Waals surface area contributed by atoms with Gasteiger partial charge in [0.25, 0.3) is 0 Å². The molecule has 1 amide bonds. The lowest BCUT2D eigenvalue weighted by atomic mass is 10.1. The van der Waals surface area contributed by atoms with Crippen molar-refractivity contribution >= 4 is 17.2 Å². The molecule has 0 spiro atoms. The smallest absolute Gasteiger partial charge is 0.220 e. The number of nitrogens with one attached hydrogen (secondary N) is 1. The third-order valence-corrected chi connectivity index (χ3v) is 4.74. The molecule has 1 heterocycles. The number of hydrogen-bond donors (Lipinski definition) is 1. The summed E-state index contributed by atoms with van der Waals surface area (Å²) in [5.41, 5.74) is 1.88. The van der Waals surface area contributed by atoms with Crippen LogP contribution in [-0.4, -0.2) is 28.9 Å². The first kappa shape index (κ1) is 18.5. The van der Waals surface area contributed by atoms with Crippen molar-refractivity contribution in [1.82, 2.24) is 15.2 Å². The van der Waals surface area contributed by atoms with E-state index in [4.69, 9.17) is 0 Å². The van der Waals surface area contributed by atoms with Crippen LogP contribution < -0.4 is 5.32 Å². The summed E-state index contributed by atoms with van der Waals surface area (Å²) in [6, 6.07) is 6.36. The van der Waals surface area contributed by atoms with E-state index in [9.17, 15) is 9.18 Å². The molecule has 2 aromatic rings. The highest BCUT2D eigenvalue weighted by atomic mass is 32.1. The Kier molecular flexibility index (Phi) is 7.34. The number of amides is 1. The highest BCUT2D eigenvalue weighted by molar-refractivity contribution is 7.09. The van der Waals surface area contributed by atoms with Gasteiger partial charge in [0.05, 0.1) is 12.2 Å². The van der Waals surface area contributed by atoms with Crippen LogP contribution >= 0.6 is 11.3 Å². The minimum Gasteiger partial charge on any atom is -0.350 e. The van der Waals surface area contributed by atoms with Gasteiger partial charge in [0.15, 0.2) is 0 Å². The largest absolute Gasteiger partial charge is 0.350 e. The maximum Gasteiger partial charge on any atom is 0.220 e. The summed E-state index contributed by atoms with van der Waals surface area (Å²) in [7, 11) is 0. The van der Waals surface area contributed by atoms with Crippen molar-refractivity contribution in [2.45, 2.75) is 39.8 Å². The van der Waals surface area contributed by atoms with E-state index in [0.717, 1.165) is 35.9 Å². The summed E-state index contributed by atoms with van der Waals surface area (Å²) in [6.45, 7) is 7.56. The molecule has 0 atom stereocenters. The maximum absolute atomic E-state index is 13.1. The molecule has 0 unspecified atom stereocenters. The van der Waals surface area contributed by atoms with Crippen molar-refractivity contribution in [3.05, 3.63) is 51.7 Å². The van der Waals surface area contributed by atoms with Gasteiger partial charge in [-0.15, -0.1) is 11.3 Å². The van der Waals surface area contributed by atoms with Crippen LogP contribution in [0.4, 0.5) is 4.39 Å². The summed E-state index contributed by atoms with van der Waals surface area (Å²) in [5, 5.41) is 5.84. The van der Waals surface area contributed by atoms with E-state index in [1.165, 1.54) is 12.1 Å². The number of hydrogen-bond acceptors (Lipinski definition) is 4. The maximum atomic E-state index is 13.1. The zero-order valence-corrected chi connectivity index (χ0v) is 15.0. The highest BCUT2D eigenvalue weighted by Crippen LogP contribution is 2.12. The lowest BCUT2D eigenvalue weighted by Gasteiger charge is -2.15. The van der Waals surface area contributed by atoms with Gasteiger partial charge in [-0.05, 0) is 37.2 Å². The van der Waals surface area contributed by atoms with Crippen LogP contribution in [0.1, 0.15) is 36.5 Å². The first-order chi connectivity index (χ1) is 11.6. The summed E-state index contributed by atoms with van der Waals surface area (Å²) < 4.78 is 13.1. The van der Waals surface area contributed by atoms with Gasteiger partial charge in [0.2, 0.25) is 5.91 Å². The van der Waals surface area contributed by atoms with Crippen molar-refractivity contribution < 1.29 is 9.18 Å². The van der Waals surface area contributed by atoms with E-state index in [1.807, 2.05) is 11.4 Å². The molecule has 0 aliphatic carbocycles.